The lowest BCUT2D eigenvalue weighted by Gasteiger charge is -2.06. The first kappa shape index (κ1) is 15.0. The summed E-state index contributed by atoms with van der Waals surface area (Å²) in [5, 5.41) is 3.91. The number of rotatable bonds is 3. The van der Waals surface area contributed by atoms with E-state index in [1.54, 1.807) is 30.3 Å². The summed E-state index contributed by atoms with van der Waals surface area (Å²) in [6.07, 6.45) is 0. The number of aromatic amines is 1. The molecular formula is C19H18N2O2. The normalized spacial score (nSPS) is 10.7. The van der Waals surface area contributed by atoms with Crippen LogP contribution >= 0.6 is 0 Å². The van der Waals surface area contributed by atoms with Crippen molar-refractivity contribution in [2.75, 3.05) is 5.32 Å². The quantitative estimate of drug-likeness (QED) is 0.711. The highest BCUT2D eigenvalue weighted by molar-refractivity contribution is 6.06. The topological polar surface area (TPSA) is 62.0 Å². The Morgan fingerprint density at radius 1 is 0.957 bits per heavy atom. The van der Waals surface area contributed by atoms with Gasteiger partial charge in [0.1, 0.15) is 0 Å². The lowest BCUT2D eigenvalue weighted by Crippen LogP contribution is -2.11. The second kappa shape index (κ2) is 5.72. The van der Waals surface area contributed by atoms with Gasteiger partial charge in [-0.3, -0.25) is 9.59 Å². The van der Waals surface area contributed by atoms with Crippen molar-refractivity contribution in [3.05, 3.63) is 64.8 Å². The van der Waals surface area contributed by atoms with E-state index in [4.69, 9.17) is 0 Å². The molecule has 4 heteroatoms. The molecule has 0 unspecified atom stereocenters. The van der Waals surface area contributed by atoms with Gasteiger partial charge in [0, 0.05) is 33.4 Å². The molecule has 0 saturated carbocycles. The van der Waals surface area contributed by atoms with E-state index in [9.17, 15) is 9.59 Å². The van der Waals surface area contributed by atoms with Gasteiger partial charge in [0.25, 0.3) is 5.91 Å². The fourth-order valence-corrected chi connectivity index (χ4v) is 2.59. The van der Waals surface area contributed by atoms with E-state index in [0.717, 1.165) is 22.2 Å². The van der Waals surface area contributed by atoms with Gasteiger partial charge in [-0.15, -0.1) is 0 Å². The summed E-state index contributed by atoms with van der Waals surface area (Å²) >= 11 is 0. The number of carbonyl (C=O) groups is 2. The Labute approximate surface area is 134 Å². The van der Waals surface area contributed by atoms with Crippen LogP contribution in [-0.2, 0) is 0 Å². The maximum absolute atomic E-state index is 12.4. The summed E-state index contributed by atoms with van der Waals surface area (Å²) in [7, 11) is 0. The molecule has 0 radical (unpaired) electrons. The molecule has 4 nitrogen and oxygen atoms in total. The SMILES string of the molecule is CC(=O)c1ccc(NC(=O)c2ccc3[nH]c(C)c(C)c3c2)cc1. The Balaban J connectivity index is 1.85. The number of nitrogens with one attached hydrogen (secondary N) is 2. The molecule has 0 aliphatic carbocycles. The number of Topliss-reactive ketones (excluding diaryl/α,β-unsaturated/α-hetero) is 1. The van der Waals surface area contributed by atoms with Gasteiger partial charge < -0.3 is 10.3 Å². The number of amides is 1. The Bertz CT molecular complexity index is 905. The Morgan fingerprint density at radius 2 is 1.61 bits per heavy atom. The molecular weight excluding hydrogens is 288 g/mol. The van der Waals surface area contributed by atoms with Crippen LogP contribution in [0.15, 0.2) is 42.5 Å². The largest absolute Gasteiger partial charge is 0.358 e. The predicted molar refractivity (Wildman–Crippen MR) is 92.2 cm³/mol. The number of fused-ring (bicyclic) bond motifs is 1. The number of ketones is 1. The van der Waals surface area contributed by atoms with Crippen molar-refractivity contribution in [2.24, 2.45) is 0 Å². The van der Waals surface area contributed by atoms with Gasteiger partial charge in [-0.2, -0.15) is 0 Å². The van der Waals surface area contributed by atoms with Crippen LogP contribution in [0.3, 0.4) is 0 Å². The van der Waals surface area contributed by atoms with E-state index >= 15 is 0 Å². The van der Waals surface area contributed by atoms with Crippen LogP contribution in [0.4, 0.5) is 5.69 Å². The smallest absolute Gasteiger partial charge is 0.255 e. The standard InChI is InChI=1S/C19H18N2O2/c1-11-12(2)20-18-9-6-15(10-17(11)18)19(23)21-16-7-4-14(5-8-16)13(3)22/h4-10,20H,1-3H3,(H,21,23). The van der Waals surface area contributed by atoms with Gasteiger partial charge in [-0.05, 0) is 68.8 Å². The summed E-state index contributed by atoms with van der Waals surface area (Å²) < 4.78 is 0. The Hall–Kier alpha value is -2.88. The molecule has 3 rings (SSSR count). The van der Waals surface area contributed by atoms with Crippen molar-refractivity contribution in [1.29, 1.82) is 0 Å². The van der Waals surface area contributed by atoms with Crippen LogP contribution in [0.2, 0.25) is 0 Å². The number of aromatic nitrogens is 1. The molecule has 0 bridgehead atoms. The molecule has 0 atom stereocenters. The van der Waals surface area contributed by atoms with Crippen LogP contribution in [0, 0.1) is 13.8 Å². The van der Waals surface area contributed by atoms with Crippen molar-refractivity contribution in [3.63, 3.8) is 0 Å². The molecule has 116 valence electrons. The summed E-state index contributed by atoms with van der Waals surface area (Å²) in [5.41, 5.74) is 5.19. The van der Waals surface area contributed by atoms with Crippen LogP contribution in [-0.4, -0.2) is 16.7 Å². The second-order valence-corrected chi connectivity index (χ2v) is 5.72. The van der Waals surface area contributed by atoms with E-state index in [1.165, 1.54) is 6.92 Å². The van der Waals surface area contributed by atoms with Gasteiger partial charge in [0.15, 0.2) is 5.78 Å². The van der Waals surface area contributed by atoms with E-state index in [1.807, 2.05) is 26.0 Å². The van der Waals surface area contributed by atoms with Crippen LogP contribution in [0.5, 0.6) is 0 Å². The average molecular weight is 306 g/mol. The third-order valence-corrected chi connectivity index (χ3v) is 4.12. The van der Waals surface area contributed by atoms with Crippen molar-refractivity contribution in [3.8, 4) is 0 Å². The van der Waals surface area contributed by atoms with E-state index in [2.05, 4.69) is 10.3 Å². The fraction of sp³-hybridized carbons (Fsp3) is 0.158. The number of hydrogen-bond acceptors (Lipinski definition) is 2. The maximum atomic E-state index is 12.4. The summed E-state index contributed by atoms with van der Waals surface area (Å²) in [6, 6.07) is 12.5. The second-order valence-electron chi connectivity index (χ2n) is 5.72. The molecule has 2 N–H and O–H groups in total. The molecule has 0 fully saturated rings. The molecule has 23 heavy (non-hydrogen) atoms. The van der Waals surface area contributed by atoms with Gasteiger partial charge in [-0.25, -0.2) is 0 Å². The zero-order chi connectivity index (χ0) is 16.6. The average Bonchev–Trinajstić information content (AvgIpc) is 2.82. The third-order valence-electron chi connectivity index (χ3n) is 4.12. The minimum absolute atomic E-state index is 0.00614. The fourth-order valence-electron chi connectivity index (χ4n) is 2.59. The molecule has 1 heterocycles. The molecule has 1 amide bonds. The first-order chi connectivity index (χ1) is 11.0. The Morgan fingerprint density at radius 3 is 2.26 bits per heavy atom. The number of carbonyl (C=O) groups excluding carboxylic acids is 2. The van der Waals surface area contributed by atoms with Crippen LogP contribution in [0.1, 0.15) is 38.9 Å². The lowest BCUT2D eigenvalue weighted by molar-refractivity contribution is 0.101. The zero-order valence-corrected chi connectivity index (χ0v) is 13.4. The minimum Gasteiger partial charge on any atom is -0.358 e. The van der Waals surface area contributed by atoms with Gasteiger partial charge in [0.2, 0.25) is 0 Å². The number of aryl methyl sites for hydroxylation is 2. The molecule has 0 saturated heterocycles. The molecule has 0 aliphatic heterocycles. The first-order valence-corrected chi connectivity index (χ1v) is 7.47. The maximum Gasteiger partial charge on any atom is 0.255 e. The molecule has 0 aliphatic rings. The van der Waals surface area contributed by atoms with Crippen LogP contribution in [0.25, 0.3) is 10.9 Å². The highest BCUT2D eigenvalue weighted by Gasteiger charge is 2.10. The number of anilines is 1. The molecule has 1 aromatic heterocycles. The minimum atomic E-state index is -0.166. The molecule has 3 aromatic rings. The van der Waals surface area contributed by atoms with Gasteiger partial charge in [-0.1, -0.05) is 0 Å². The highest BCUT2D eigenvalue weighted by atomic mass is 16.1. The van der Waals surface area contributed by atoms with Crippen molar-refractivity contribution in [2.45, 2.75) is 20.8 Å². The van der Waals surface area contributed by atoms with E-state index < -0.39 is 0 Å². The monoisotopic (exact) mass is 306 g/mol. The van der Waals surface area contributed by atoms with Crippen molar-refractivity contribution in [1.82, 2.24) is 4.98 Å². The molecule has 0 spiro atoms. The zero-order valence-electron chi connectivity index (χ0n) is 13.4. The number of benzene rings is 2. The molecule has 2 aromatic carbocycles. The first-order valence-electron chi connectivity index (χ1n) is 7.47. The summed E-state index contributed by atoms with van der Waals surface area (Å²) in [4.78, 5) is 27.0. The van der Waals surface area contributed by atoms with Gasteiger partial charge in [0.05, 0.1) is 0 Å². The Kier molecular flexibility index (Phi) is 3.74. The lowest BCUT2D eigenvalue weighted by atomic mass is 10.1. The highest BCUT2D eigenvalue weighted by Crippen LogP contribution is 2.23. The number of H-pyrrole nitrogens is 1. The predicted octanol–water partition coefficient (Wildman–Crippen LogP) is 4.24. The van der Waals surface area contributed by atoms with Crippen molar-refractivity contribution >= 4 is 28.3 Å². The van der Waals surface area contributed by atoms with Crippen LogP contribution < -0.4 is 5.32 Å². The van der Waals surface area contributed by atoms with Crippen molar-refractivity contribution < 1.29 is 9.59 Å². The van der Waals surface area contributed by atoms with E-state index in [-0.39, 0.29) is 11.7 Å². The van der Waals surface area contributed by atoms with Gasteiger partial charge >= 0.3 is 0 Å². The number of hydrogen-bond donors (Lipinski definition) is 2. The van der Waals surface area contributed by atoms with E-state index in [0.29, 0.717) is 16.8 Å². The summed E-state index contributed by atoms with van der Waals surface area (Å²) in [5.74, 6) is -0.160. The third kappa shape index (κ3) is 2.88. The summed E-state index contributed by atoms with van der Waals surface area (Å²) in [6.45, 7) is 5.58.